The Balaban J connectivity index is 2.18. The van der Waals surface area contributed by atoms with Gasteiger partial charge in [0, 0.05) is 5.69 Å². The van der Waals surface area contributed by atoms with Gasteiger partial charge in [-0.25, -0.2) is 4.79 Å². The number of ether oxygens (including phenoxy) is 3. The first-order chi connectivity index (χ1) is 13.0. The lowest BCUT2D eigenvalue weighted by molar-refractivity contribution is -0.151. The lowest BCUT2D eigenvalue weighted by atomic mass is 10.1. The number of Topliss-reactive ketones (excluding diaryl/α,β-unsaturated/α-hetero) is 1. The molecular formula is C21H25NO5. The molecule has 0 bridgehead atoms. The predicted octanol–water partition coefficient (Wildman–Crippen LogP) is 3.21. The van der Waals surface area contributed by atoms with Gasteiger partial charge in [0.15, 0.2) is 11.8 Å². The highest BCUT2D eigenvalue weighted by Gasteiger charge is 2.34. The van der Waals surface area contributed by atoms with Gasteiger partial charge in [-0.1, -0.05) is 30.3 Å². The highest BCUT2D eigenvalue weighted by Crippen LogP contribution is 2.19. The molecule has 0 radical (unpaired) electrons. The molecular weight excluding hydrogens is 346 g/mol. The van der Waals surface area contributed by atoms with Crippen molar-refractivity contribution in [1.29, 1.82) is 0 Å². The molecule has 1 N–H and O–H groups in total. The van der Waals surface area contributed by atoms with E-state index in [1.165, 1.54) is 6.92 Å². The van der Waals surface area contributed by atoms with E-state index in [4.69, 9.17) is 14.2 Å². The summed E-state index contributed by atoms with van der Waals surface area (Å²) in [6, 6.07) is 15.6. The van der Waals surface area contributed by atoms with Gasteiger partial charge in [0.05, 0.1) is 20.3 Å². The standard InChI is InChI=1S/C21H25NO5/c1-4-26-21(24)19(22-17-10-12-18(25-3)13-11-17)20(15(2)23)27-14-16-8-6-5-7-9-16/h5-13,19-20,22H,4,14H2,1-3H3/t19-,20+/m0/s1. The second-order valence-corrected chi connectivity index (χ2v) is 5.93. The summed E-state index contributed by atoms with van der Waals surface area (Å²) in [5, 5.41) is 3.06. The Morgan fingerprint density at radius 2 is 1.70 bits per heavy atom. The summed E-state index contributed by atoms with van der Waals surface area (Å²) >= 11 is 0. The number of ketones is 1. The molecule has 0 aliphatic heterocycles. The summed E-state index contributed by atoms with van der Waals surface area (Å²) in [4.78, 5) is 24.7. The number of rotatable bonds is 10. The summed E-state index contributed by atoms with van der Waals surface area (Å²) < 4.78 is 16.1. The molecule has 0 spiro atoms. The number of carbonyl (C=O) groups is 2. The van der Waals surface area contributed by atoms with Crippen molar-refractivity contribution in [2.45, 2.75) is 32.6 Å². The summed E-state index contributed by atoms with van der Waals surface area (Å²) in [6.07, 6.45) is -0.980. The van der Waals surface area contributed by atoms with Crippen molar-refractivity contribution in [3.8, 4) is 5.75 Å². The second kappa shape index (κ2) is 10.3. The molecule has 2 atom stereocenters. The van der Waals surface area contributed by atoms with Gasteiger partial charge in [0.1, 0.15) is 11.9 Å². The number of hydrogen-bond acceptors (Lipinski definition) is 6. The number of benzene rings is 2. The van der Waals surface area contributed by atoms with E-state index >= 15 is 0 Å². The van der Waals surface area contributed by atoms with Gasteiger partial charge in [0.2, 0.25) is 0 Å². The van der Waals surface area contributed by atoms with E-state index in [9.17, 15) is 9.59 Å². The first-order valence-electron chi connectivity index (χ1n) is 8.78. The Morgan fingerprint density at radius 1 is 1.04 bits per heavy atom. The zero-order valence-corrected chi connectivity index (χ0v) is 15.8. The van der Waals surface area contributed by atoms with Crippen LogP contribution in [-0.2, 0) is 25.7 Å². The van der Waals surface area contributed by atoms with Gasteiger partial charge in [-0.05, 0) is 43.7 Å². The van der Waals surface area contributed by atoms with Crippen molar-refractivity contribution in [2.24, 2.45) is 0 Å². The van der Waals surface area contributed by atoms with Crippen LogP contribution in [0.3, 0.4) is 0 Å². The monoisotopic (exact) mass is 371 g/mol. The van der Waals surface area contributed by atoms with Crippen LogP contribution in [0.4, 0.5) is 5.69 Å². The molecule has 0 amide bonds. The molecule has 0 aliphatic rings. The van der Waals surface area contributed by atoms with E-state index in [-0.39, 0.29) is 19.0 Å². The van der Waals surface area contributed by atoms with E-state index < -0.39 is 18.1 Å². The van der Waals surface area contributed by atoms with Gasteiger partial charge in [-0.15, -0.1) is 0 Å². The van der Waals surface area contributed by atoms with Crippen LogP contribution < -0.4 is 10.1 Å². The lowest BCUT2D eigenvalue weighted by Crippen LogP contribution is -2.47. The first-order valence-corrected chi connectivity index (χ1v) is 8.78. The molecule has 2 rings (SSSR count). The maximum atomic E-state index is 12.5. The zero-order valence-electron chi connectivity index (χ0n) is 15.8. The van der Waals surface area contributed by atoms with Crippen LogP contribution in [0.1, 0.15) is 19.4 Å². The molecule has 2 aromatic rings. The smallest absolute Gasteiger partial charge is 0.331 e. The van der Waals surface area contributed by atoms with Crippen molar-refractivity contribution in [3.05, 3.63) is 60.2 Å². The Bertz CT molecular complexity index is 730. The van der Waals surface area contributed by atoms with Crippen molar-refractivity contribution in [3.63, 3.8) is 0 Å². The Morgan fingerprint density at radius 3 is 2.26 bits per heavy atom. The van der Waals surface area contributed by atoms with Crippen LogP contribution >= 0.6 is 0 Å². The average Bonchev–Trinajstić information content (AvgIpc) is 2.68. The van der Waals surface area contributed by atoms with Gasteiger partial charge < -0.3 is 19.5 Å². The molecule has 0 fully saturated rings. The molecule has 144 valence electrons. The molecule has 0 heterocycles. The van der Waals surface area contributed by atoms with E-state index in [0.717, 1.165) is 5.56 Å². The molecule has 2 aromatic carbocycles. The Hall–Kier alpha value is -2.86. The van der Waals surface area contributed by atoms with E-state index in [1.54, 1.807) is 38.3 Å². The molecule has 0 aliphatic carbocycles. The number of anilines is 1. The van der Waals surface area contributed by atoms with Gasteiger partial charge in [0.25, 0.3) is 0 Å². The number of methoxy groups -OCH3 is 1. The molecule has 0 unspecified atom stereocenters. The Kier molecular flexibility index (Phi) is 7.82. The summed E-state index contributed by atoms with van der Waals surface area (Å²) in [5.74, 6) is -0.108. The number of esters is 1. The minimum absolute atomic E-state index is 0.211. The molecule has 0 aromatic heterocycles. The first kappa shape index (κ1) is 20.5. The van der Waals surface area contributed by atoms with E-state index in [0.29, 0.717) is 11.4 Å². The minimum Gasteiger partial charge on any atom is -0.497 e. The highest BCUT2D eigenvalue weighted by atomic mass is 16.5. The van der Waals surface area contributed by atoms with Crippen LogP contribution in [0, 0.1) is 0 Å². The number of carbonyl (C=O) groups excluding carboxylic acids is 2. The van der Waals surface area contributed by atoms with Crippen molar-refractivity contribution in [2.75, 3.05) is 19.0 Å². The lowest BCUT2D eigenvalue weighted by Gasteiger charge is -2.25. The van der Waals surface area contributed by atoms with Gasteiger partial charge in [-0.3, -0.25) is 4.79 Å². The number of nitrogens with one attached hydrogen (secondary N) is 1. The quantitative estimate of drug-likeness (QED) is 0.647. The van der Waals surface area contributed by atoms with Crippen LogP contribution in [0.25, 0.3) is 0 Å². The van der Waals surface area contributed by atoms with Crippen LogP contribution in [-0.4, -0.2) is 37.6 Å². The number of hydrogen-bond donors (Lipinski definition) is 1. The summed E-state index contributed by atoms with van der Waals surface area (Å²) in [5.41, 5.74) is 1.57. The van der Waals surface area contributed by atoms with E-state index in [1.807, 2.05) is 30.3 Å². The minimum atomic E-state index is -0.980. The zero-order chi connectivity index (χ0) is 19.6. The fourth-order valence-electron chi connectivity index (χ4n) is 2.57. The summed E-state index contributed by atoms with van der Waals surface area (Å²) in [6.45, 7) is 3.54. The summed E-state index contributed by atoms with van der Waals surface area (Å²) in [7, 11) is 1.58. The van der Waals surface area contributed by atoms with Gasteiger partial charge in [-0.2, -0.15) is 0 Å². The maximum Gasteiger partial charge on any atom is 0.331 e. The van der Waals surface area contributed by atoms with Gasteiger partial charge >= 0.3 is 5.97 Å². The third kappa shape index (κ3) is 6.11. The third-order valence-electron chi connectivity index (χ3n) is 3.93. The Labute approximate surface area is 159 Å². The normalized spacial score (nSPS) is 12.7. The topological polar surface area (TPSA) is 73.9 Å². The fourth-order valence-corrected chi connectivity index (χ4v) is 2.57. The second-order valence-electron chi connectivity index (χ2n) is 5.93. The highest BCUT2D eigenvalue weighted by molar-refractivity contribution is 5.91. The molecule has 6 heteroatoms. The van der Waals surface area contributed by atoms with Crippen LogP contribution in [0.15, 0.2) is 54.6 Å². The predicted molar refractivity (Wildman–Crippen MR) is 103 cm³/mol. The van der Waals surface area contributed by atoms with Crippen LogP contribution in [0.5, 0.6) is 5.75 Å². The molecule has 27 heavy (non-hydrogen) atoms. The average molecular weight is 371 g/mol. The SMILES string of the molecule is CCOC(=O)[C@@H](Nc1ccc(OC)cc1)[C@H](OCc1ccccc1)C(C)=O. The fraction of sp³-hybridized carbons (Fsp3) is 0.333. The third-order valence-corrected chi connectivity index (χ3v) is 3.93. The van der Waals surface area contributed by atoms with Crippen molar-refractivity contribution in [1.82, 2.24) is 0 Å². The van der Waals surface area contributed by atoms with Crippen LogP contribution in [0.2, 0.25) is 0 Å². The van der Waals surface area contributed by atoms with Crippen molar-refractivity contribution < 1.29 is 23.8 Å². The van der Waals surface area contributed by atoms with E-state index in [2.05, 4.69) is 5.32 Å². The maximum absolute atomic E-state index is 12.5. The molecule has 0 saturated heterocycles. The largest absolute Gasteiger partial charge is 0.497 e. The molecule has 6 nitrogen and oxygen atoms in total. The van der Waals surface area contributed by atoms with Crippen molar-refractivity contribution >= 4 is 17.4 Å². The molecule has 0 saturated carbocycles.